The number of hydrogen-bond acceptors (Lipinski definition) is 5. The van der Waals surface area contributed by atoms with E-state index in [1.54, 1.807) is 35.7 Å². The molecule has 0 fully saturated rings. The van der Waals surface area contributed by atoms with Gasteiger partial charge in [0.15, 0.2) is 5.16 Å². The van der Waals surface area contributed by atoms with Crippen LogP contribution in [0.3, 0.4) is 0 Å². The van der Waals surface area contributed by atoms with Crippen molar-refractivity contribution >= 4 is 46.3 Å². The first kappa shape index (κ1) is 20.6. The minimum Gasteiger partial charge on any atom is -0.325 e. The molecule has 0 saturated heterocycles. The lowest BCUT2D eigenvalue weighted by atomic mass is 10.2. The van der Waals surface area contributed by atoms with Gasteiger partial charge in [0, 0.05) is 10.7 Å². The number of thioether (sulfide) groups is 1. The Morgan fingerprint density at radius 1 is 1.25 bits per heavy atom. The Hall–Kier alpha value is -2.10. The average Bonchev–Trinajstić information content (AvgIpc) is 3.17. The lowest BCUT2D eigenvalue weighted by molar-refractivity contribution is -0.141. The standard InChI is InChI=1S/C18H13ClF3N3OS2/c1-10-4-5-11(19)7-12(10)23-16(26)9-28-17-24-13(14-3-2-6-27-14)8-15(25-17)18(20,21)22/h2-8H,9H2,1H3,(H,23,26). The van der Waals surface area contributed by atoms with Gasteiger partial charge in [-0.15, -0.1) is 11.3 Å². The van der Waals surface area contributed by atoms with Crippen molar-refractivity contribution in [3.8, 4) is 10.6 Å². The molecule has 0 atom stereocenters. The second-order valence-corrected chi connectivity index (χ2v) is 8.02. The molecule has 2 heterocycles. The minimum atomic E-state index is -4.61. The molecule has 0 aliphatic rings. The maximum Gasteiger partial charge on any atom is 0.433 e. The van der Waals surface area contributed by atoms with Crippen molar-refractivity contribution in [3.05, 3.63) is 58.1 Å². The van der Waals surface area contributed by atoms with Gasteiger partial charge in [-0.05, 0) is 42.1 Å². The number of benzene rings is 1. The van der Waals surface area contributed by atoms with Gasteiger partial charge < -0.3 is 5.32 Å². The van der Waals surface area contributed by atoms with Crippen LogP contribution in [0.2, 0.25) is 5.02 Å². The van der Waals surface area contributed by atoms with E-state index in [0.717, 1.165) is 23.4 Å². The fourth-order valence-corrected chi connectivity index (χ4v) is 3.75. The average molecular weight is 444 g/mol. The van der Waals surface area contributed by atoms with Crippen LogP contribution in [0.5, 0.6) is 0 Å². The van der Waals surface area contributed by atoms with Gasteiger partial charge in [0.25, 0.3) is 0 Å². The third-order valence-electron chi connectivity index (χ3n) is 3.58. The molecule has 3 aromatic rings. The monoisotopic (exact) mass is 443 g/mol. The van der Waals surface area contributed by atoms with Crippen molar-refractivity contribution in [2.24, 2.45) is 0 Å². The smallest absolute Gasteiger partial charge is 0.325 e. The summed E-state index contributed by atoms with van der Waals surface area (Å²) in [5.74, 6) is -0.536. The van der Waals surface area contributed by atoms with Crippen LogP contribution in [-0.2, 0) is 11.0 Å². The highest BCUT2D eigenvalue weighted by Gasteiger charge is 2.34. The third kappa shape index (κ3) is 5.24. The number of carbonyl (C=O) groups excluding carboxylic acids is 1. The van der Waals surface area contributed by atoms with Crippen molar-refractivity contribution in [1.82, 2.24) is 9.97 Å². The molecule has 146 valence electrons. The van der Waals surface area contributed by atoms with Crippen molar-refractivity contribution in [1.29, 1.82) is 0 Å². The lowest BCUT2D eigenvalue weighted by Crippen LogP contribution is -2.16. The van der Waals surface area contributed by atoms with E-state index in [9.17, 15) is 18.0 Å². The van der Waals surface area contributed by atoms with E-state index in [4.69, 9.17) is 11.6 Å². The Kier molecular flexibility index (Phi) is 6.26. The predicted octanol–water partition coefficient (Wildman–Crippen LogP) is 5.92. The number of nitrogens with one attached hydrogen (secondary N) is 1. The number of aryl methyl sites for hydroxylation is 1. The second-order valence-electron chi connectivity index (χ2n) is 5.69. The van der Waals surface area contributed by atoms with Crippen molar-refractivity contribution in [2.45, 2.75) is 18.3 Å². The zero-order valence-corrected chi connectivity index (χ0v) is 16.8. The van der Waals surface area contributed by atoms with E-state index in [1.165, 1.54) is 11.3 Å². The Labute approximate surface area is 172 Å². The van der Waals surface area contributed by atoms with Gasteiger partial charge in [-0.1, -0.05) is 35.5 Å². The van der Waals surface area contributed by atoms with Crippen LogP contribution in [0.1, 0.15) is 11.3 Å². The molecule has 10 heteroatoms. The number of halogens is 4. The topological polar surface area (TPSA) is 54.9 Å². The van der Waals surface area contributed by atoms with Gasteiger partial charge in [0.2, 0.25) is 5.91 Å². The van der Waals surface area contributed by atoms with Crippen LogP contribution < -0.4 is 5.32 Å². The highest BCUT2D eigenvalue weighted by Crippen LogP contribution is 2.33. The lowest BCUT2D eigenvalue weighted by Gasteiger charge is -2.10. The Morgan fingerprint density at radius 3 is 2.71 bits per heavy atom. The van der Waals surface area contributed by atoms with Gasteiger partial charge in [-0.3, -0.25) is 4.79 Å². The van der Waals surface area contributed by atoms with E-state index >= 15 is 0 Å². The molecule has 1 amide bonds. The van der Waals surface area contributed by atoms with E-state index in [-0.39, 0.29) is 16.6 Å². The van der Waals surface area contributed by atoms with Gasteiger partial charge in [-0.2, -0.15) is 13.2 Å². The first-order chi connectivity index (χ1) is 13.2. The van der Waals surface area contributed by atoms with Crippen molar-refractivity contribution in [3.63, 3.8) is 0 Å². The maximum absolute atomic E-state index is 13.2. The molecule has 0 bridgehead atoms. The summed E-state index contributed by atoms with van der Waals surface area (Å²) < 4.78 is 39.5. The number of hydrogen-bond donors (Lipinski definition) is 1. The number of thiophene rings is 1. The fraction of sp³-hybridized carbons (Fsp3) is 0.167. The molecule has 1 N–H and O–H groups in total. The minimum absolute atomic E-state index is 0.115. The summed E-state index contributed by atoms with van der Waals surface area (Å²) in [4.78, 5) is 20.5. The number of anilines is 1. The van der Waals surface area contributed by atoms with Crippen LogP contribution in [-0.4, -0.2) is 21.6 Å². The molecular formula is C18H13ClF3N3OS2. The fourth-order valence-electron chi connectivity index (χ4n) is 2.23. The largest absolute Gasteiger partial charge is 0.433 e. The summed E-state index contributed by atoms with van der Waals surface area (Å²) in [6, 6.07) is 9.37. The molecule has 2 aromatic heterocycles. The molecule has 0 saturated carbocycles. The molecule has 1 aromatic carbocycles. The second kappa shape index (κ2) is 8.50. The van der Waals surface area contributed by atoms with Crippen LogP contribution in [0.15, 0.2) is 46.9 Å². The third-order valence-corrected chi connectivity index (χ3v) is 5.55. The number of nitrogens with zero attached hydrogens (tertiary/aromatic N) is 2. The summed E-state index contributed by atoms with van der Waals surface area (Å²) in [5, 5.41) is 4.79. The van der Waals surface area contributed by atoms with Crippen molar-refractivity contribution < 1.29 is 18.0 Å². The van der Waals surface area contributed by atoms with Gasteiger partial charge in [0.1, 0.15) is 5.69 Å². The van der Waals surface area contributed by atoms with E-state index < -0.39 is 17.8 Å². The van der Waals surface area contributed by atoms with Crippen LogP contribution in [0, 0.1) is 6.92 Å². The molecule has 0 unspecified atom stereocenters. The van der Waals surface area contributed by atoms with E-state index in [1.807, 2.05) is 6.92 Å². The molecule has 0 aliphatic heterocycles. The molecule has 3 rings (SSSR count). The summed E-state index contributed by atoms with van der Waals surface area (Å²) in [6.45, 7) is 1.81. The van der Waals surface area contributed by atoms with E-state index in [2.05, 4.69) is 15.3 Å². The number of aromatic nitrogens is 2. The molecule has 4 nitrogen and oxygen atoms in total. The molecule has 0 spiro atoms. The van der Waals surface area contributed by atoms with Crippen LogP contribution >= 0.6 is 34.7 Å². The highest BCUT2D eigenvalue weighted by molar-refractivity contribution is 7.99. The van der Waals surface area contributed by atoms with Crippen LogP contribution in [0.25, 0.3) is 10.6 Å². The maximum atomic E-state index is 13.2. The zero-order valence-electron chi connectivity index (χ0n) is 14.4. The Balaban J connectivity index is 1.77. The highest BCUT2D eigenvalue weighted by atomic mass is 35.5. The normalized spacial score (nSPS) is 11.5. The zero-order chi connectivity index (χ0) is 20.3. The summed E-state index contributed by atoms with van der Waals surface area (Å²) in [6.07, 6.45) is -4.61. The first-order valence-corrected chi connectivity index (χ1v) is 10.2. The predicted molar refractivity (Wildman–Crippen MR) is 106 cm³/mol. The summed E-state index contributed by atoms with van der Waals surface area (Å²) in [5.41, 5.74) is 0.491. The summed E-state index contributed by atoms with van der Waals surface area (Å²) in [7, 11) is 0. The van der Waals surface area contributed by atoms with Gasteiger partial charge in [0.05, 0.1) is 16.3 Å². The number of rotatable bonds is 5. The quantitative estimate of drug-likeness (QED) is 0.393. The summed E-state index contributed by atoms with van der Waals surface area (Å²) >= 11 is 8.03. The number of amides is 1. The number of carbonyl (C=O) groups is 1. The first-order valence-electron chi connectivity index (χ1n) is 7.91. The molecule has 0 aliphatic carbocycles. The molecular weight excluding hydrogens is 431 g/mol. The van der Waals surface area contributed by atoms with E-state index in [0.29, 0.717) is 15.6 Å². The Bertz CT molecular complexity index is 994. The van der Waals surface area contributed by atoms with Gasteiger partial charge >= 0.3 is 6.18 Å². The number of alkyl halides is 3. The SMILES string of the molecule is Cc1ccc(Cl)cc1NC(=O)CSc1nc(-c2cccs2)cc(C(F)(F)F)n1. The van der Waals surface area contributed by atoms with Gasteiger partial charge in [-0.25, -0.2) is 9.97 Å². The molecule has 28 heavy (non-hydrogen) atoms. The molecule has 0 radical (unpaired) electrons. The van der Waals surface area contributed by atoms with Crippen molar-refractivity contribution in [2.75, 3.05) is 11.1 Å². The van der Waals surface area contributed by atoms with Crippen LogP contribution in [0.4, 0.5) is 18.9 Å². The Morgan fingerprint density at radius 2 is 2.04 bits per heavy atom.